The third kappa shape index (κ3) is 4.34. The van der Waals surface area contributed by atoms with E-state index in [1.165, 1.54) is 11.8 Å². The predicted molar refractivity (Wildman–Crippen MR) is 90.8 cm³/mol. The Labute approximate surface area is 142 Å². The van der Waals surface area contributed by atoms with Gasteiger partial charge in [0, 0.05) is 25.9 Å². The van der Waals surface area contributed by atoms with Crippen LogP contribution in [0.4, 0.5) is 5.69 Å². The van der Waals surface area contributed by atoms with Gasteiger partial charge in [0.2, 0.25) is 11.8 Å². The standard InChI is InChI=1S/C18H24N2O4/c1-3-24-18(23)15-9-4-5-10-16(15)20(13(2)21)12-11-19-17(22)14-7-6-8-14/h4-5,9-10,14H,3,6-8,11-12H2,1-2H3,(H,19,22). The number of nitrogens with one attached hydrogen (secondary N) is 1. The molecule has 0 bridgehead atoms. The topological polar surface area (TPSA) is 75.7 Å². The van der Waals surface area contributed by atoms with Gasteiger partial charge in [0.1, 0.15) is 0 Å². The van der Waals surface area contributed by atoms with Gasteiger partial charge >= 0.3 is 5.97 Å². The quantitative estimate of drug-likeness (QED) is 0.776. The molecule has 0 aromatic heterocycles. The van der Waals surface area contributed by atoms with Crippen molar-refractivity contribution in [3.8, 4) is 0 Å². The fraction of sp³-hybridized carbons (Fsp3) is 0.500. The highest BCUT2D eigenvalue weighted by molar-refractivity contribution is 6.02. The Morgan fingerprint density at radius 1 is 1.25 bits per heavy atom. The van der Waals surface area contributed by atoms with Crippen molar-refractivity contribution in [2.45, 2.75) is 33.1 Å². The lowest BCUT2D eigenvalue weighted by atomic mass is 9.85. The van der Waals surface area contributed by atoms with Crippen LogP contribution in [-0.4, -0.2) is 37.5 Å². The normalized spacial score (nSPS) is 13.8. The molecule has 0 aliphatic heterocycles. The molecule has 1 aromatic carbocycles. The maximum Gasteiger partial charge on any atom is 0.340 e. The molecule has 0 unspecified atom stereocenters. The molecule has 2 amide bonds. The number of carbonyl (C=O) groups is 3. The zero-order valence-corrected chi connectivity index (χ0v) is 14.2. The fourth-order valence-corrected chi connectivity index (χ4v) is 2.64. The van der Waals surface area contributed by atoms with Gasteiger partial charge in [0.25, 0.3) is 0 Å². The van der Waals surface area contributed by atoms with Crippen LogP contribution >= 0.6 is 0 Å². The molecule has 1 saturated carbocycles. The number of amides is 2. The molecule has 0 saturated heterocycles. The lowest BCUT2D eigenvalue weighted by molar-refractivity contribution is -0.127. The Balaban J connectivity index is 2.05. The van der Waals surface area contributed by atoms with E-state index in [9.17, 15) is 14.4 Å². The third-order valence-corrected chi connectivity index (χ3v) is 4.18. The molecule has 1 aromatic rings. The lowest BCUT2D eigenvalue weighted by Crippen LogP contribution is -2.41. The first kappa shape index (κ1) is 18.0. The number of carbonyl (C=O) groups excluding carboxylic acids is 3. The number of rotatable bonds is 7. The largest absolute Gasteiger partial charge is 0.462 e. The van der Waals surface area contributed by atoms with E-state index in [4.69, 9.17) is 4.74 Å². The van der Waals surface area contributed by atoms with E-state index in [0.717, 1.165) is 19.3 Å². The summed E-state index contributed by atoms with van der Waals surface area (Å²) in [4.78, 5) is 37.5. The molecule has 1 fully saturated rings. The maximum atomic E-state index is 12.1. The monoisotopic (exact) mass is 332 g/mol. The second-order valence-corrected chi connectivity index (χ2v) is 5.83. The zero-order chi connectivity index (χ0) is 17.5. The zero-order valence-electron chi connectivity index (χ0n) is 14.2. The van der Waals surface area contributed by atoms with E-state index in [2.05, 4.69) is 5.32 Å². The molecule has 1 aliphatic rings. The Morgan fingerprint density at radius 2 is 1.96 bits per heavy atom. The lowest BCUT2D eigenvalue weighted by Gasteiger charge is -2.26. The van der Waals surface area contributed by atoms with Crippen molar-refractivity contribution in [3.63, 3.8) is 0 Å². The number of nitrogens with zero attached hydrogens (tertiary/aromatic N) is 1. The van der Waals surface area contributed by atoms with Crippen LogP contribution in [0, 0.1) is 5.92 Å². The highest BCUT2D eigenvalue weighted by Crippen LogP contribution is 2.26. The fourth-order valence-electron chi connectivity index (χ4n) is 2.64. The second kappa shape index (κ2) is 8.47. The summed E-state index contributed by atoms with van der Waals surface area (Å²) < 4.78 is 5.05. The van der Waals surface area contributed by atoms with Crippen molar-refractivity contribution < 1.29 is 19.1 Å². The summed E-state index contributed by atoms with van der Waals surface area (Å²) in [5.41, 5.74) is 0.848. The number of benzene rings is 1. The van der Waals surface area contributed by atoms with Crippen molar-refractivity contribution >= 4 is 23.5 Å². The number of esters is 1. The number of hydrogen-bond acceptors (Lipinski definition) is 4. The number of para-hydroxylation sites is 1. The first-order chi connectivity index (χ1) is 11.5. The van der Waals surface area contributed by atoms with E-state index in [-0.39, 0.29) is 24.3 Å². The molecule has 1 aliphatic carbocycles. The summed E-state index contributed by atoms with van der Waals surface area (Å²) in [7, 11) is 0. The highest BCUT2D eigenvalue weighted by Gasteiger charge is 2.25. The summed E-state index contributed by atoms with van der Waals surface area (Å²) in [6.45, 7) is 4.11. The summed E-state index contributed by atoms with van der Waals surface area (Å²) in [5, 5.41) is 2.86. The molecule has 0 spiro atoms. The SMILES string of the molecule is CCOC(=O)c1ccccc1N(CCNC(=O)C1CCC1)C(C)=O. The average molecular weight is 332 g/mol. The van der Waals surface area contributed by atoms with Crippen LogP contribution in [0.15, 0.2) is 24.3 Å². The molecule has 1 N–H and O–H groups in total. The number of anilines is 1. The van der Waals surface area contributed by atoms with E-state index in [0.29, 0.717) is 24.3 Å². The Hall–Kier alpha value is -2.37. The van der Waals surface area contributed by atoms with Gasteiger partial charge in [-0.05, 0) is 31.9 Å². The summed E-state index contributed by atoms with van der Waals surface area (Å²) in [5.74, 6) is -0.492. The van der Waals surface area contributed by atoms with E-state index < -0.39 is 5.97 Å². The molecule has 6 heteroatoms. The molecule has 130 valence electrons. The summed E-state index contributed by atoms with van der Waals surface area (Å²) >= 11 is 0. The maximum absolute atomic E-state index is 12.1. The molecule has 0 heterocycles. The molecule has 6 nitrogen and oxygen atoms in total. The van der Waals surface area contributed by atoms with Crippen LogP contribution in [-0.2, 0) is 14.3 Å². The van der Waals surface area contributed by atoms with Gasteiger partial charge in [0.15, 0.2) is 0 Å². The first-order valence-electron chi connectivity index (χ1n) is 8.36. The van der Waals surface area contributed by atoms with Crippen molar-refractivity contribution in [2.75, 3.05) is 24.6 Å². The van der Waals surface area contributed by atoms with Crippen molar-refractivity contribution in [1.82, 2.24) is 5.32 Å². The first-order valence-corrected chi connectivity index (χ1v) is 8.36. The molecule has 0 atom stereocenters. The van der Waals surface area contributed by atoms with Crippen molar-refractivity contribution in [1.29, 1.82) is 0 Å². The van der Waals surface area contributed by atoms with Gasteiger partial charge in [-0.25, -0.2) is 4.79 Å². The van der Waals surface area contributed by atoms with Gasteiger partial charge < -0.3 is 15.0 Å². The predicted octanol–water partition coefficient (Wildman–Crippen LogP) is 2.13. The highest BCUT2D eigenvalue weighted by atomic mass is 16.5. The minimum Gasteiger partial charge on any atom is -0.462 e. The molecular weight excluding hydrogens is 308 g/mol. The Bertz CT molecular complexity index is 611. The van der Waals surface area contributed by atoms with Crippen LogP contribution in [0.2, 0.25) is 0 Å². The second-order valence-electron chi connectivity index (χ2n) is 5.83. The van der Waals surface area contributed by atoms with E-state index in [1.807, 2.05) is 0 Å². The van der Waals surface area contributed by atoms with Crippen molar-refractivity contribution in [2.24, 2.45) is 5.92 Å². The minimum atomic E-state index is -0.460. The van der Waals surface area contributed by atoms with E-state index >= 15 is 0 Å². The van der Waals surface area contributed by atoms with Gasteiger partial charge in [-0.1, -0.05) is 18.6 Å². The molecule has 24 heavy (non-hydrogen) atoms. The molecule has 2 rings (SSSR count). The smallest absolute Gasteiger partial charge is 0.340 e. The van der Waals surface area contributed by atoms with Crippen LogP contribution < -0.4 is 10.2 Å². The molecular formula is C18H24N2O4. The van der Waals surface area contributed by atoms with Crippen LogP contribution in [0.1, 0.15) is 43.5 Å². The van der Waals surface area contributed by atoms with Gasteiger partial charge in [-0.2, -0.15) is 0 Å². The minimum absolute atomic E-state index is 0.0448. The Kier molecular flexibility index (Phi) is 6.35. The van der Waals surface area contributed by atoms with Crippen LogP contribution in [0.25, 0.3) is 0 Å². The third-order valence-electron chi connectivity index (χ3n) is 4.18. The molecule has 0 radical (unpaired) electrons. The Morgan fingerprint density at radius 3 is 2.54 bits per heavy atom. The van der Waals surface area contributed by atoms with Gasteiger partial charge in [0.05, 0.1) is 17.9 Å². The van der Waals surface area contributed by atoms with Gasteiger partial charge in [-0.3, -0.25) is 9.59 Å². The van der Waals surface area contributed by atoms with Gasteiger partial charge in [-0.15, -0.1) is 0 Å². The summed E-state index contributed by atoms with van der Waals surface area (Å²) in [6.07, 6.45) is 2.98. The van der Waals surface area contributed by atoms with Crippen molar-refractivity contribution in [3.05, 3.63) is 29.8 Å². The average Bonchev–Trinajstić information content (AvgIpc) is 2.50. The number of hydrogen-bond donors (Lipinski definition) is 1. The number of ether oxygens (including phenoxy) is 1. The van der Waals surface area contributed by atoms with Crippen LogP contribution in [0.5, 0.6) is 0 Å². The van der Waals surface area contributed by atoms with Crippen LogP contribution in [0.3, 0.4) is 0 Å². The summed E-state index contributed by atoms with van der Waals surface area (Å²) in [6, 6.07) is 6.84. The van der Waals surface area contributed by atoms with E-state index in [1.54, 1.807) is 31.2 Å².